The number of nitrogens with one attached hydrogen (secondary N) is 2. The predicted molar refractivity (Wildman–Crippen MR) is 89.9 cm³/mol. The van der Waals surface area contributed by atoms with Gasteiger partial charge in [-0.15, -0.1) is 0 Å². The summed E-state index contributed by atoms with van der Waals surface area (Å²) in [6.07, 6.45) is 2.19. The number of imide groups is 1. The maximum atomic E-state index is 12.0. The second-order valence-electron chi connectivity index (χ2n) is 6.09. The van der Waals surface area contributed by atoms with Crippen molar-refractivity contribution in [3.05, 3.63) is 23.8 Å². The van der Waals surface area contributed by atoms with Gasteiger partial charge in [0, 0.05) is 13.1 Å². The lowest BCUT2D eigenvalue weighted by Crippen LogP contribution is -2.54. The van der Waals surface area contributed by atoms with E-state index in [1.54, 1.807) is 11.3 Å². The number of hydrogen-bond acceptors (Lipinski definition) is 5. The second kappa shape index (κ2) is 5.19. The van der Waals surface area contributed by atoms with Gasteiger partial charge in [0.25, 0.3) is 5.91 Å². The zero-order valence-electron chi connectivity index (χ0n) is 12.9. The van der Waals surface area contributed by atoms with Gasteiger partial charge in [-0.2, -0.15) is 0 Å². The first-order valence-corrected chi connectivity index (χ1v) is 8.70. The highest BCUT2D eigenvalue weighted by atomic mass is 32.1. The van der Waals surface area contributed by atoms with E-state index < -0.39 is 5.54 Å². The summed E-state index contributed by atoms with van der Waals surface area (Å²) in [5.41, 5.74) is 1.63. The van der Waals surface area contributed by atoms with Gasteiger partial charge < -0.3 is 10.2 Å². The van der Waals surface area contributed by atoms with E-state index in [1.807, 2.05) is 0 Å². The van der Waals surface area contributed by atoms with Gasteiger partial charge in [0.1, 0.15) is 5.54 Å². The third-order valence-electron chi connectivity index (χ3n) is 4.77. The van der Waals surface area contributed by atoms with E-state index in [0.717, 1.165) is 30.2 Å². The number of aryl methyl sites for hydroxylation is 1. The number of amides is 3. The average molecular weight is 330 g/mol. The van der Waals surface area contributed by atoms with Crippen molar-refractivity contribution in [2.24, 2.45) is 0 Å². The minimum Gasteiger partial charge on any atom is -0.348 e. The van der Waals surface area contributed by atoms with Crippen LogP contribution in [-0.4, -0.2) is 35.6 Å². The number of urea groups is 1. The lowest BCUT2D eigenvalue weighted by Gasteiger charge is -2.36. The molecule has 2 aromatic rings. The number of thiazole rings is 1. The van der Waals surface area contributed by atoms with Crippen molar-refractivity contribution in [3.63, 3.8) is 0 Å². The molecule has 0 unspecified atom stereocenters. The van der Waals surface area contributed by atoms with Crippen LogP contribution in [-0.2, 0) is 11.2 Å². The van der Waals surface area contributed by atoms with Crippen molar-refractivity contribution in [1.82, 2.24) is 15.6 Å². The largest absolute Gasteiger partial charge is 0.348 e. The van der Waals surface area contributed by atoms with Crippen LogP contribution in [0.4, 0.5) is 9.93 Å². The molecular formula is C16H18N4O2S. The molecule has 0 saturated carbocycles. The number of carbonyl (C=O) groups is 2. The van der Waals surface area contributed by atoms with Crippen LogP contribution >= 0.6 is 11.3 Å². The van der Waals surface area contributed by atoms with E-state index in [4.69, 9.17) is 4.98 Å². The van der Waals surface area contributed by atoms with Crippen LogP contribution in [0, 0.1) is 0 Å². The zero-order valence-corrected chi connectivity index (χ0v) is 13.7. The lowest BCUT2D eigenvalue weighted by atomic mass is 9.88. The first-order chi connectivity index (χ1) is 11.1. The standard InChI is InChI=1S/C16H18N4O2S/c1-2-10-4-3-5-11-12(10)17-15(23-11)20-8-6-16(7-9-20)13(21)18-14(22)19-16/h3-5H,2,6-9H2,1H3,(H2,18,19,21,22). The predicted octanol–water partition coefficient (Wildman–Crippen LogP) is 2.04. The summed E-state index contributed by atoms with van der Waals surface area (Å²) < 4.78 is 1.20. The summed E-state index contributed by atoms with van der Waals surface area (Å²) >= 11 is 1.69. The number of carbonyl (C=O) groups excluding carboxylic acids is 2. The Kier molecular flexibility index (Phi) is 3.26. The van der Waals surface area contributed by atoms with Gasteiger partial charge >= 0.3 is 6.03 Å². The number of benzene rings is 1. The molecule has 0 aliphatic carbocycles. The molecule has 2 aliphatic heterocycles. The molecule has 120 valence electrons. The lowest BCUT2D eigenvalue weighted by molar-refractivity contribution is -0.124. The number of hydrogen-bond donors (Lipinski definition) is 2. The van der Waals surface area contributed by atoms with E-state index >= 15 is 0 Å². The van der Waals surface area contributed by atoms with E-state index in [0.29, 0.717) is 12.8 Å². The van der Waals surface area contributed by atoms with E-state index in [9.17, 15) is 9.59 Å². The number of anilines is 1. The summed E-state index contributed by atoms with van der Waals surface area (Å²) in [5.74, 6) is -0.195. The molecule has 0 radical (unpaired) electrons. The van der Waals surface area contributed by atoms with Crippen LogP contribution in [0.1, 0.15) is 25.3 Å². The molecule has 2 saturated heterocycles. The van der Waals surface area contributed by atoms with Crippen LogP contribution in [0.2, 0.25) is 0 Å². The molecule has 2 aliphatic rings. The van der Waals surface area contributed by atoms with Gasteiger partial charge in [0.15, 0.2) is 5.13 Å². The van der Waals surface area contributed by atoms with Gasteiger partial charge in [-0.25, -0.2) is 9.78 Å². The first-order valence-electron chi connectivity index (χ1n) is 7.88. The number of fused-ring (bicyclic) bond motifs is 1. The van der Waals surface area contributed by atoms with Crippen LogP contribution in [0.15, 0.2) is 18.2 Å². The number of nitrogens with zero attached hydrogens (tertiary/aromatic N) is 2. The van der Waals surface area contributed by atoms with Crippen LogP contribution in [0.3, 0.4) is 0 Å². The summed E-state index contributed by atoms with van der Waals surface area (Å²) in [6, 6.07) is 5.92. The van der Waals surface area contributed by atoms with Crippen molar-refractivity contribution < 1.29 is 9.59 Å². The number of aromatic nitrogens is 1. The average Bonchev–Trinajstić information content (AvgIpc) is 3.09. The fourth-order valence-electron chi connectivity index (χ4n) is 3.37. The first kappa shape index (κ1) is 14.4. The Labute approximate surface area is 137 Å². The van der Waals surface area contributed by atoms with Gasteiger partial charge in [-0.05, 0) is 30.9 Å². The van der Waals surface area contributed by atoms with Gasteiger partial charge in [-0.1, -0.05) is 30.4 Å². The molecule has 4 rings (SSSR count). The highest BCUT2D eigenvalue weighted by molar-refractivity contribution is 7.22. The molecule has 23 heavy (non-hydrogen) atoms. The quantitative estimate of drug-likeness (QED) is 0.827. The normalized spacial score (nSPS) is 20.1. The second-order valence-corrected chi connectivity index (χ2v) is 7.10. The Morgan fingerprint density at radius 2 is 2.09 bits per heavy atom. The maximum Gasteiger partial charge on any atom is 0.322 e. The molecule has 3 heterocycles. The Morgan fingerprint density at radius 3 is 2.74 bits per heavy atom. The molecule has 6 nitrogen and oxygen atoms in total. The molecule has 1 aromatic heterocycles. The molecule has 7 heteroatoms. The van der Waals surface area contributed by atoms with Crippen molar-refractivity contribution in [2.75, 3.05) is 18.0 Å². The number of rotatable bonds is 2. The monoisotopic (exact) mass is 330 g/mol. The van der Waals surface area contributed by atoms with E-state index in [2.05, 4.69) is 40.7 Å². The topological polar surface area (TPSA) is 74.3 Å². The third-order valence-corrected chi connectivity index (χ3v) is 5.86. The zero-order chi connectivity index (χ0) is 16.0. The van der Waals surface area contributed by atoms with Crippen LogP contribution in [0.25, 0.3) is 10.2 Å². The van der Waals surface area contributed by atoms with Crippen LogP contribution < -0.4 is 15.5 Å². The Hall–Kier alpha value is -2.15. The highest BCUT2D eigenvalue weighted by Crippen LogP contribution is 2.34. The summed E-state index contributed by atoms with van der Waals surface area (Å²) in [4.78, 5) is 30.4. The van der Waals surface area contributed by atoms with Gasteiger partial charge in [-0.3, -0.25) is 10.1 Å². The Balaban J connectivity index is 1.57. The summed E-state index contributed by atoms with van der Waals surface area (Å²) in [7, 11) is 0. The molecule has 1 aromatic carbocycles. The molecule has 0 atom stereocenters. The van der Waals surface area contributed by atoms with E-state index in [1.165, 1.54) is 10.3 Å². The van der Waals surface area contributed by atoms with Gasteiger partial charge in [0.05, 0.1) is 10.2 Å². The fraction of sp³-hybridized carbons (Fsp3) is 0.438. The van der Waals surface area contributed by atoms with E-state index in [-0.39, 0.29) is 11.9 Å². The van der Waals surface area contributed by atoms with Crippen molar-refractivity contribution >= 4 is 38.6 Å². The Bertz CT molecular complexity index is 792. The minimum atomic E-state index is -0.723. The van der Waals surface area contributed by atoms with Crippen LogP contribution in [0.5, 0.6) is 0 Å². The SMILES string of the molecule is CCc1cccc2sc(N3CCC4(CC3)NC(=O)NC4=O)nc12. The van der Waals surface area contributed by atoms with Crippen molar-refractivity contribution in [3.8, 4) is 0 Å². The van der Waals surface area contributed by atoms with Gasteiger partial charge in [0.2, 0.25) is 0 Å². The Morgan fingerprint density at radius 1 is 1.30 bits per heavy atom. The number of para-hydroxylation sites is 1. The van der Waals surface area contributed by atoms with Crippen molar-refractivity contribution in [2.45, 2.75) is 31.7 Å². The fourth-order valence-corrected chi connectivity index (χ4v) is 4.44. The molecule has 2 N–H and O–H groups in total. The molecule has 3 amide bonds. The summed E-state index contributed by atoms with van der Waals surface area (Å²) in [5, 5.41) is 6.14. The smallest absolute Gasteiger partial charge is 0.322 e. The van der Waals surface area contributed by atoms with Crippen molar-refractivity contribution in [1.29, 1.82) is 0 Å². The number of piperidine rings is 1. The molecule has 0 bridgehead atoms. The highest BCUT2D eigenvalue weighted by Gasteiger charge is 2.48. The third kappa shape index (κ3) is 2.26. The molecular weight excluding hydrogens is 312 g/mol. The minimum absolute atomic E-state index is 0.195. The molecule has 1 spiro atoms. The summed E-state index contributed by atoms with van der Waals surface area (Å²) in [6.45, 7) is 3.57. The maximum absolute atomic E-state index is 12.0. The molecule has 2 fully saturated rings.